The van der Waals surface area contributed by atoms with Crippen LogP contribution in [0.25, 0.3) is 0 Å². The molecular formula is C12H13FN4OS2. The zero-order chi connectivity index (χ0) is 14.5. The lowest BCUT2D eigenvalue weighted by atomic mass is 10.2. The molecule has 3 N–H and O–H groups in total. The molecule has 2 rings (SSSR count). The van der Waals surface area contributed by atoms with Crippen molar-refractivity contribution in [3.8, 4) is 0 Å². The predicted molar refractivity (Wildman–Crippen MR) is 79.5 cm³/mol. The maximum absolute atomic E-state index is 13.0. The first kappa shape index (κ1) is 14.7. The Bertz CT molecular complexity index is 617. The number of thioether (sulfide) groups is 1. The SMILES string of the molecule is CCc1nsc(SCC(=O)Nc2ccc(F)c(N)c2)n1. The zero-order valence-corrected chi connectivity index (χ0v) is 12.4. The van der Waals surface area contributed by atoms with Crippen LogP contribution >= 0.6 is 23.3 Å². The van der Waals surface area contributed by atoms with Gasteiger partial charge in [0, 0.05) is 12.1 Å². The summed E-state index contributed by atoms with van der Waals surface area (Å²) < 4.78 is 17.9. The minimum Gasteiger partial charge on any atom is -0.396 e. The number of nitrogens with zero attached hydrogens (tertiary/aromatic N) is 2. The number of nitrogen functional groups attached to an aromatic ring is 1. The number of aromatic nitrogens is 2. The van der Waals surface area contributed by atoms with Crippen molar-refractivity contribution in [1.29, 1.82) is 0 Å². The highest BCUT2D eigenvalue weighted by Gasteiger charge is 2.08. The van der Waals surface area contributed by atoms with Crippen LogP contribution in [0.3, 0.4) is 0 Å². The number of halogens is 1. The molecule has 0 aliphatic rings. The summed E-state index contributed by atoms with van der Waals surface area (Å²) >= 11 is 2.60. The van der Waals surface area contributed by atoms with Crippen LogP contribution in [-0.2, 0) is 11.2 Å². The minimum atomic E-state index is -0.502. The first-order chi connectivity index (χ1) is 9.58. The summed E-state index contributed by atoms with van der Waals surface area (Å²) in [6.45, 7) is 1.97. The average molecular weight is 312 g/mol. The Morgan fingerprint density at radius 3 is 3.00 bits per heavy atom. The van der Waals surface area contributed by atoms with Gasteiger partial charge in [-0.2, -0.15) is 4.37 Å². The minimum absolute atomic E-state index is 0.00663. The van der Waals surface area contributed by atoms with Crippen molar-refractivity contribution >= 4 is 40.6 Å². The van der Waals surface area contributed by atoms with Gasteiger partial charge in [-0.1, -0.05) is 18.7 Å². The Morgan fingerprint density at radius 1 is 1.55 bits per heavy atom. The summed E-state index contributed by atoms with van der Waals surface area (Å²) in [7, 11) is 0. The van der Waals surface area contributed by atoms with Crippen LogP contribution in [0.2, 0.25) is 0 Å². The molecule has 1 aromatic heterocycles. The van der Waals surface area contributed by atoms with Gasteiger partial charge >= 0.3 is 0 Å². The lowest BCUT2D eigenvalue weighted by Crippen LogP contribution is -2.14. The van der Waals surface area contributed by atoms with Gasteiger partial charge in [-0.15, -0.1) is 0 Å². The van der Waals surface area contributed by atoms with Crippen LogP contribution in [0, 0.1) is 5.82 Å². The highest BCUT2D eigenvalue weighted by molar-refractivity contribution is 8.01. The van der Waals surface area contributed by atoms with Crippen LogP contribution in [0.15, 0.2) is 22.5 Å². The van der Waals surface area contributed by atoms with Crippen LogP contribution in [0.5, 0.6) is 0 Å². The number of rotatable bonds is 5. The van der Waals surface area contributed by atoms with Gasteiger partial charge in [-0.25, -0.2) is 9.37 Å². The second kappa shape index (κ2) is 6.67. The third-order valence-electron chi connectivity index (χ3n) is 2.37. The summed E-state index contributed by atoms with van der Waals surface area (Å²) in [5.41, 5.74) is 5.91. The second-order valence-corrected chi connectivity index (χ2v) is 5.88. The highest BCUT2D eigenvalue weighted by Crippen LogP contribution is 2.21. The largest absolute Gasteiger partial charge is 0.396 e. The summed E-state index contributed by atoms with van der Waals surface area (Å²) in [4.78, 5) is 16.0. The number of benzene rings is 1. The molecular weight excluding hydrogens is 299 g/mol. The van der Waals surface area contributed by atoms with Crippen LogP contribution in [-0.4, -0.2) is 21.0 Å². The van der Waals surface area contributed by atoms with Gasteiger partial charge in [-0.05, 0) is 29.7 Å². The molecule has 2 aromatic rings. The number of nitrogens with one attached hydrogen (secondary N) is 1. The van der Waals surface area contributed by atoms with E-state index >= 15 is 0 Å². The molecule has 0 radical (unpaired) electrons. The summed E-state index contributed by atoms with van der Waals surface area (Å²) in [6.07, 6.45) is 0.776. The van der Waals surface area contributed by atoms with Crippen molar-refractivity contribution in [3.63, 3.8) is 0 Å². The molecule has 8 heteroatoms. The Labute approximate surface area is 124 Å². The van der Waals surface area contributed by atoms with E-state index in [1.54, 1.807) is 0 Å². The molecule has 5 nitrogen and oxygen atoms in total. The molecule has 0 saturated carbocycles. The number of carbonyl (C=O) groups excluding carboxylic acids is 1. The van der Waals surface area contributed by atoms with Crippen LogP contribution in [0.4, 0.5) is 15.8 Å². The number of hydrogen-bond donors (Lipinski definition) is 2. The van der Waals surface area contributed by atoms with E-state index in [1.807, 2.05) is 6.92 Å². The maximum Gasteiger partial charge on any atom is 0.234 e. The highest BCUT2D eigenvalue weighted by atomic mass is 32.2. The van der Waals surface area contributed by atoms with E-state index in [0.29, 0.717) is 5.69 Å². The third kappa shape index (κ3) is 3.91. The van der Waals surface area contributed by atoms with Gasteiger partial charge in [0.15, 0.2) is 4.34 Å². The maximum atomic E-state index is 13.0. The molecule has 20 heavy (non-hydrogen) atoms. The quantitative estimate of drug-likeness (QED) is 0.655. The van der Waals surface area contributed by atoms with Crippen molar-refractivity contribution < 1.29 is 9.18 Å². The molecule has 0 bridgehead atoms. The van der Waals surface area contributed by atoms with Gasteiger partial charge < -0.3 is 11.1 Å². The fourth-order valence-electron chi connectivity index (χ4n) is 1.39. The topological polar surface area (TPSA) is 80.9 Å². The number of anilines is 2. The molecule has 0 aliphatic carbocycles. The van der Waals surface area contributed by atoms with E-state index < -0.39 is 5.82 Å². The fourth-order valence-corrected chi connectivity index (χ4v) is 2.88. The number of nitrogens with two attached hydrogens (primary N) is 1. The molecule has 0 unspecified atom stereocenters. The fraction of sp³-hybridized carbons (Fsp3) is 0.250. The molecule has 1 heterocycles. The molecule has 0 fully saturated rings. The number of amides is 1. The predicted octanol–water partition coefficient (Wildman–Crippen LogP) is 2.55. The van der Waals surface area contributed by atoms with Gasteiger partial charge in [0.1, 0.15) is 11.6 Å². The molecule has 106 valence electrons. The Balaban J connectivity index is 1.87. The van der Waals surface area contributed by atoms with Gasteiger partial charge in [0.25, 0.3) is 0 Å². The molecule has 1 amide bonds. The Morgan fingerprint density at radius 2 is 2.35 bits per heavy atom. The smallest absolute Gasteiger partial charge is 0.234 e. The molecule has 0 aliphatic heterocycles. The first-order valence-electron chi connectivity index (χ1n) is 5.88. The summed E-state index contributed by atoms with van der Waals surface area (Å²) in [5.74, 6) is 0.298. The lowest BCUT2D eigenvalue weighted by molar-refractivity contribution is -0.113. The van der Waals surface area contributed by atoms with Crippen LogP contribution in [0.1, 0.15) is 12.7 Å². The van der Waals surface area contributed by atoms with E-state index in [2.05, 4.69) is 14.7 Å². The molecule has 0 atom stereocenters. The Kier molecular flexibility index (Phi) is 4.91. The monoisotopic (exact) mass is 312 g/mol. The van der Waals surface area contributed by atoms with E-state index in [4.69, 9.17) is 5.73 Å². The van der Waals surface area contributed by atoms with Crippen molar-refractivity contribution in [2.75, 3.05) is 16.8 Å². The number of aryl methyl sites for hydroxylation is 1. The average Bonchev–Trinajstić information content (AvgIpc) is 2.89. The second-order valence-electron chi connectivity index (χ2n) is 3.90. The molecule has 0 saturated heterocycles. The summed E-state index contributed by atoms with van der Waals surface area (Å²) in [5, 5.41) is 2.65. The third-order valence-corrected chi connectivity index (χ3v) is 4.24. The molecule has 1 aromatic carbocycles. The molecule has 0 spiro atoms. The van der Waals surface area contributed by atoms with Gasteiger partial charge in [0.05, 0.1) is 11.4 Å². The van der Waals surface area contributed by atoms with Crippen LogP contribution < -0.4 is 11.1 Å². The van der Waals surface area contributed by atoms with Crippen molar-refractivity contribution in [1.82, 2.24) is 9.36 Å². The van der Waals surface area contributed by atoms with E-state index in [-0.39, 0.29) is 17.3 Å². The number of hydrogen-bond acceptors (Lipinski definition) is 6. The van der Waals surface area contributed by atoms with Gasteiger partial charge in [0.2, 0.25) is 5.91 Å². The van der Waals surface area contributed by atoms with Crippen molar-refractivity contribution in [3.05, 3.63) is 29.8 Å². The normalized spacial score (nSPS) is 10.5. The van der Waals surface area contributed by atoms with Gasteiger partial charge in [-0.3, -0.25) is 4.79 Å². The summed E-state index contributed by atoms with van der Waals surface area (Å²) in [6, 6.07) is 4.07. The van der Waals surface area contributed by atoms with E-state index in [1.165, 1.54) is 41.5 Å². The standard InChI is InChI=1S/C12H13FN4OS2/c1-2-10-16-12(20-17-10)19-6-11(18)15-7-3-4-8(13)9(14)5-7/h3-5H,2,6,14H2,1H3,(H,15,18). The number of carbonyl (C=O) groups is 1. The first-order valence-corrected chi connectivity index (χ1v) is 7.64. The Hall–Kier alpha value is -1.67. The van der Waals surface area contributed by atoms with E-state index in [9.17, 15) is 9.18 Å². The zero-order valence-electron chi connectivity index (χ0n) is 10.7. The lowest BCUT2D eigenvalue weighted by Gasteiger charge is -2.05. The van der Waals surface area contributed by atoms with Crippen molar-refractivity contribution in [2.24, 2.45) is 0 Å². The van der Waals surface area contributed by atoms with E-state index in [0.717, 1.165) is 16.6 Å². The van der Waals surface area contributed by atoms with Crippen molar-refractivity contribution in [2.45, 2.75) is 17.7 Å².